The van der Waals surface area contributed by atoms with Gasteiger partial charge in [-0.25, -0.2) is 0 Å². The fraction of sp³-hybridized carbons (Fsp3) is 0.722. The smallest absolute Gasteiger partial charge is 0.0442 e. The highest BCUT2D eigenvalue weighted by molar-refractivity contribution is 5.52. The molecular weight excluding hydrogens is 258 g/mol. The van der Waals surface area contributed by atoms with E-state index in [1.165, 1.54) is 36.9 Å². The molecule has 3 nitrogen and oxygen atoms in total. The molecule has 1 aromatic rings. The minimum Gasteiger partial charge on any atom is -0.371 e. The summed E-state index contributed by atoms with van der Waals surface area (Å²) in [5, 5.41) is 3.58. The summed E-state index contributed by atoms with van der Waals surface area (Å²) in [6, 6.07) is 2.17. The van der Waals surface area contributed by atoms with E-state index >= 15 is 0 Å². The number of nitrogens with one attached hydrogen (secondary N) is 1. The number of nitrogens with zero attached hydrogens (tertiary/aromatic N) is 2. The van der Waals surface area contributed by atoms with Gasteiger partial charge in [-0.15, -0.1) is 0 Å². The van der Waals surface area contributed by atoms with Crippen LogP contribution in [0.3, 0.4) is 0 Å². The van der Waals surface area contributed by atoms with Crippen LogP contribution in [-0.4, -0.2) is 23.6 Å². The van der Waals surface area contributed by atoms with Crippen molar-refractivity contribution in [3.63, 3.8) is 0 Å². The van der Waals surface area contributed by atoms with Crippen LogP contribution in [0.2, 0.25) is 0 Å². The van der Waals surface area contributed by atoms with Gasteiger partial charge >= 0.3 is 0 Å². The summed E-state index contributed by atoms with van der Waals surface area (Å²) in [6.07, 6.45) is 8.91. The molecule has 0 saturated carbocycles. The Morgan fingerprint density at radius 2 is 1.71 bits per heavy atom. The first-order valence-electron chi connectivity index (χ1n) is 8.40. The summed E-state index contributed by atoms with van der Waals surface area (Å²) in [4.78, 5) is 6.86. The largest absolute Gasteiger partial charge is 0.371 e. The van der Waals surface area contributed by atoms with E-state index in [0.717, 1.165) is 19.6 Å². The van der Waals surface area contributed by atoms with Gasteiger partial charge in [-0.1, -0.05) is 26.7 Å². The quantitative estimate of drug-likeness (QED) is 0.732. The Balaban J connectivity index is 2.84. The Kier molecular flexibility index (Phi) is 7.73. The van der Waals surface area contributed by atoms with Crippen molar-refractivity contribution in [3.8, 4) is 0 Å². The summed E-state index contributed by atoms with van der Waals surface area (Å²) in [7, 11) is 0. The lowest BCUT2D eigenvalue weighted by Crippen LogP contribution is -2.36. The summed E-state index contributed by atoms with van der Waals surface area (Å²) in [5.74, 6) is 0. The lowest BCUT2D eigenvalue weighted by atomic mass is 10.1. The highest BCUT2D eigenvalue weighted by atomic mass is 15.1. The predicted octanol–water partition coefficient (Wildman–Crippen LogP) is 4.38. The fourth-order valence-electron chi connectivity index (χ4n) is 2.28. The lowest BCUT2D eigenvalue weighted by molar-refractivity contribution is 0.424. The molecule has 0 bridgehead atoms. The zero-order valence-corrected chi connectivity index (χ0v) is 14.6. The average molecular weight is 291 g/mol. The summed E-state index contributed by atoms with van der Waals surface area (Å²) >= 11 is 0. The Bertz CT molecular complexity index is 388. The van der Waals surface area contributed by atoms with E-state index in [-0.39, 0.29) is 5.54 Å². The van der Waals surface area contributed by atoms with Gasteiger partial charge in [0.2, 0.25) is 0 Å². The predicted molar refractivity (Wildman–Crippen MR) is 92.9 cm³/mol. The number of hydrogen-bond donors (Lipinski definition) is 1. The fourth-order valence-corrected chi connectivity index (χ4v) is 2.28. The Hall–Kier alpha value is -1.09. The van der Waals surface area contributed by atoms with Gasteiger partial charge in [0.05, 0.1) is 0 Å². The molecule has 1 heterocycles. The molecule has 3 heteroatoms. The van der Waals surface area contributed by atoms with Gasteiger partial charge in [0.25, 0.3) is 0 Å². The van der Waals surface area contributed by atoms with Crippen LogP contribution in [-0.2, 0) is 6.54 Å². The minimum atomic E-state index is 0.130. The molecule has 0 spiro atoms. The molecule has 0 aromatic carbocycles. The number of aromatic nitrogens is 1. The first-order valence-corrected chi connectivity index (χ1v) is 8.40. The van der Waals surface area contributed by atoms with Gasteiger partial charge in [-0.05, 0) is 39.7 Å². The molecule has 0 aliphatic rings. The van der Waals surface area contributed by atoms with Crippen molar-refractivity contribution >= 4 is 5.69 Å². The first kappa shape index (κ1) is 18.0. The van der Waals surface area contributed by atoms with E-state index in [1.807, 2.05) is 12.4 Å². The zero-order chi connectivity index (χ0) is 15.7. The highest BCUT2D eigenvalue weighted by Gasteiger charge is 2.14. The third-order valence-corrected chi connectivity index (χ3v) is 3.59. The maximum absolute atomic E-state index is 4.32. The van der Waals surface area contributed by atoms with Crippen LogP contribution in [0.15, 0.2) is 18.5 Å². The van der Waals surface area contributed by atoms with E-state index in [2.05, 4.69) is 55.9 Å². The van der Waals surface area contributed by atoms with Crippen LogP contribution in [0.5, 0.6) is 0 Å². The molecule has 0 fully saturated rings. The second kappa shape index (κ2) is 9.04. The highest BCUT2D eigenvalue weighted by Crippen LogP contribution is 2.21. The summed E-state index contributed by atoms with van der Waals surface area (Å²) in [6.45, 7) is 14.3. The van der Waals surface area contributed by atoms with Crippen LogP contribution in [0.4, 0.5) is 5.69 Å². The van der Waals surface area contributed by atoms with Crippen molar-refractivity contribution in [3.05, 3.63) is 24.0 Å². The number of anilines is 1. The molecule has 0 unspecified atom stereocenters. The molecule has 1 aromatic heterocycles. The van der Waals surface area contributed by atoms with E-state index in [0.29, 0.717) is 0 Å². The van der Waals surface area contributed by atoms with Crippen LogP contribution < -0.4 is 10.2 Å². The lowest BCUT2D eigenvalue weighted by Gasteiger charge is -2.28. The standard InChI is InChI=1S/C18H33N3/c1-6-8-12-21(13-9-7-2)17-10-11-19-14-16(17)15-20-18(3,4)5/h10-11,14,20H,6-9,12-13,15H2,1-5H3. The molecule has 0 radical (unpaired) electrons. The van der Waals surface area contributed by atoms with Crippen LogP contribution in [0, 0.1) is 0 Å². The van der Waals surface area contributed by atoms with Crippen molar-refractivity contribution < 1.29 is 0 Å². The molecule has 120 valence electrons. The molecule has 1 rings (SSSR count). The van der Waals surface area contributed by atoms with Gasteiger partial charge in [0, 0.05) is 48.8 Å². The number of pyridine rings is 1. The van der Waals surface area contributed by atoms with Gasteiger partial charge in [0.15, 0.2) is 0 Å². The third kappa shape index (κ3) is 6.94. The molecule has 0 aliphatic carbocycles. The first-order chi connectivity index (χ1) is 9.98. The minimum absolute atomic E-state index is 0.130. The maximum Gasteiger partial charge on any atom is 0.0442 e. The number of unbranched alkanes of at least 4 members (excludes halogenated alkanes) is 2. The van der Waals surface area contributed by atoms with Crippen molar-refractivity contribution in [2.75, 3.05) is 18.0 Å². The number of rotatable bonds is 9. The summed E-state index contributed by atoms with van der Waals surface area (Å²) in [5.41, 5.74) is 2.79. The average Bonchev–Trinajstić information content (AvgIpc) is 2.45. The molecule has 1 N–H and O–H groups in total. The molecule has 0 amide bonds. The molecule has 0 aliphatic heterocycles. The van der Waals surface area contributed by atoms with E-state index < -0.39 is 0 Å². The van der Waals surface area contributed by atoms with E-state index in [1.54, 1.807) is 0 Å². The van der Waals surface area contributed by atoms with Crippen LogP contribution >= 0.6 is 0 Å². The van der Waals surface area contributed by atoms with Crippen molar-refractivity contribution in [1.82, 2.24) is 10.3 Å². The topological polar surface area (TPSA) is 28.2 Å². The van der Waals surface area contributed by atoms with Crippen LogP contribution in [0.1, 0.15) is 65.9 Å². The van der Waals surface area contributed by atoms with Crippen molar-refractivity contribution in [2.24, 2.45) is 0 Å². The number of hydrogen-bond acceptors (Lipinski definition) is 3. The van der Waals surface area contributed by atoms with Crippen LogP contribution in [0.25, 0.3) is 0 Å². The molecule has 0 atom stereocenters. The van der Waals surface area contributed by atoms with Gasteiger partial charge in [0.1, 0.15) is 0 Å². The van der Waals surface area contributed by atoms with Crippen molar-refractivity contribution in [2.45, 2.75) is 72.4 Å². The second-order valence-corrected chi connectivity index (χ2v) is 6.80. The molecular formula is C18H33N3. The monoisotopic (exact) mass is 291 g/mol. The Labute approximate surface area is 131 Å². The van der Waals surface area contributed by atoms with Gasteiger partial charge in [-0.2, -0.15) is 0 Å². The maximum atomic E-state index is 4.32. The summed E-state index contributed by atoms with van der Waals surface area (Å²) < 4.78 is 0. The Morgan fingerprint density at radius 1 is 1.10 bits per heavy atom. The van der Waals surface area contributed by atoms with Gasteiger partial charge in [-0.3, -0.25) is 4.98 Å². The molecule has 21 heavy (non-hydrogen) atoms. The van der Waals surface area contributed by atoms with E-state index in [9.17, 15) is 0 Å². The van der Waals surface area contributed by atoms with Gasteiger partial charge < -0.3 is 10.2 Å². The normalized spacial score (nSPS) is 11.7. The third-order valence-electron chi connectivity index (χ3n) is 3.59. The zero-order valence-electron chi connectivity index (χ0n) is 14.6. The molecule has 0 saturated heterocycles. The van der Waals surface area contributed by atoms with E-state index in [4.69, 9.17) is 0 Å². The SMILES string of the molecule is CCCCN(CCCC)c1ccncc1CNC(C)(C)C. The van der Waals surface area contributed by atoms with Crippen molar-refractivity contribution in [1.29, 1.82) is 0 Å². The second-order valence-electron chi connectivity index (χ2n) is 6.80. The Morgan fingerprint density at radius 3 is 2.24 bits per heavy atom.